The second-order valence-corrected chi connectivity index (χ2v) is 7.11. The number of ether oxygens (including phenoxy) is 1. The highest BCUT2D eigenvalue weighted by Gasteiger charge is 2.44. The first-order chi connectivity index (χ1) is 14.0. The van der Waals surface area contributed by atoms with Crippen LogP contribution in [0.3, 0.4) is 0 Å². The second-order valence-electron chi connectivity index (χ2n) is 7.11. The van der Waals surface area contributed by atoms with Gasteiger partial charge in [0.2, 0.25) is 6.23 Å². The molecule has 0 spiro atoms. The molecular weight excluding hydrogens is 377 g/mol. The Labute approximate surface area is 166 Å². The predicted octanol–water partition coefficient (Wildman–Crippen LogP) is 5.95. The van der Waals surface area contributed by atoms with Gasteiger partial charge in [0.1, 0.15) is 5.75 Å². The highest BCUT2D eigenvalue weighted by molar-refractivity contribution is 6.01. The molecule has 3 nitrogen and oxygen atoms in total. The van der Waals surface area contributed by atoms with Crippen molar-refractivity contribution in [3.05, 3.63) is 101 Å². The highest BCUT2D eigenvalue weighted by atomic mass is 19.4. The fourth-order valence-corrected chi connectivity index (χ4v) is 4.01. The number of hydrogen-bond acceptors (Lipinski definition) is 3. The quantitative estimate of drug-likeness (QED) is 0.537. The van der Waals surface area contributed by atoms with E-state index in [0.717, 1.165) is 22.9 Å². The lowest BCUT2D eigenvalue weighted by Crippen LogP contribution is -2.35. The Bertz CT molecular complexity index is 1080. The van der Waals surface area contributed by atoms with Gasteiger partial charge in [0.05, 0.1) is 17.3 Å². The fraction of sp³-hybridized carbons (Fsp3) is 0.174. The maximum atomic E-state index is 13.7. The third-order valence-electron chi connectivity index (χ3n) is 5.34. The lowest BCUT2D eigenvalue weighted by molar-refractivity contribution is -0.140. The Kier molecular flexibility index (Phi) is 4.08. The number of rotatable bonds is 2. The van der Waals surface area contributed by atoms with Gasteiger partial charge in [-0.15, -0.1) is 0 Å². The fourth-order valence-electron chi connectivity index (χ4n) is 4.01. The summed E-state index contributed by atoms with van der Waals surface area (Å²) in [5, 5.41) is 6.39. The molecule has 6 heteroatoms. The van der Waals surface area contributed by atoms with E-state index < -0.39 is 18.0 Å². The van der Waals surface area contributed by atoms with Crippen LogP contribution in [0.2, 0.25) is 0 Å². The summed E-state index contributed by atoms with van der Waals surface area (Å²) >= 11 is 0. The first-order valence-electron chi connectivity index (χ1n) is 9.35. The minimum Gasteiger partial charge on any atom is -0.464 e. The molecule has 0 aliphatic carbocycles. The van der Waals surface area contributed by atoms with Gasteiger partial charge in [-0.25, -0.2) is 5.01 Å². The molecule has 2 atom stereocenters. The van der Waals surface area contributed by atoms with Crippen molar-refractivity contribution >= 4 is 5.71 Å². The van der Waals surface area contributed by atoms with Crippen LogP contribution in [0.25, 0.3) is 0 Å². The normalized spacial score (nSPS) is 20.5. The Morgan fingerprint density at radius 3 is 2.24 bits per heavy atom. The number of alkyl halides is 3. The average Bonchev–Trinajstić information content (AvgIpc) is 3.19. The van der Waals surface area contributed by atoms with E-state index >= 15 is 0 Å². The molecule has 0 saturated carbocycles. The van der Waals surface area contributed by atoms with Gasteiger partial charge in [0, 0.05) is 17.5 Å². The van der Waals surface area contributed by atoms with Crippen LogP contribution < -0.4 is 4.74 Å². The summed E-state index contributed by atoms with van der Waals surface area (Å²) in [4.78, 5) is 0. The van der Waals surface area contributed by atoms with E-state index in [-0.39, 0.29) is 11.6 Å². The smallest absolute Gasteiger partial charge is 0.416 e. The van der Waals surface area contributed by atoms with Crippen molar-refractivity contribution in [3.63, 3.8) is 0 Å². The monoisotopic (exact) mass is 394 g/mol. The SMILES string of the molecule is FC(F)(F)c1ccccc1[C@@H]1Oc2ccccc2[C@@H]2CC(c3ccccc3)=NN21. The zero-order valence-corrected chi connectivity index (χ0v) is 15.3. The van der Waals surface area contributed by atoms with E-state index in [1.165, 1.54) is 12.1 Å². The van der Waals surface area contributed by atoms with Gasteiger partial charge in [-0.2, -0.15) is 18.3 Å². The third-order valence-corrected chi connectivity index (χ3v) is 5.34. The maximum Gasteiger partial charge on any atom is 0.416 e. The second kappa shape index (κ2) is 6.65. The summed E-state index contributed by atoms with van der Waals surface area (Å²) in [5.74, 6) is 0.597. The van der Waals surface area contributed by atoms with Crippen LogP contribution in [-0.2, 0) is 6.18 Å². The van der Waals surface area contributed by atoms with Gasteiger partial charge in [-0.1, -0.05) is 66.7 Å². The molecule has 0 aromatic heterocycles. The molecule has 0 amide bonds. The Morgan fingerprint density at radius 2 is 1.48 bits per heavy atom. The number of para-hydroxylation sites is 1. The van der Waals surface area contributed by atoms with E-state index in [9.17, 15) is 13.2 Å². The van der Waals surface area contributed by atoms with Crippen LogP contribution in [0.15, 0.2) is 84.0 Å². The van der Waals surface area contributed by atoms with Gasteiger partial charge in [0.25, 0.3) is 0 Å². The van der Waals surface area contributed by atoms with Crippen molar-refractivity contribution in [2.24, 2.45) is 5.10 Å². The molecule has 5 rings (SSSR count). The van der Waals surface area contributed by atoms with Crippen LogP contribution in [-0.4, -0.2) is 10.7 Å². The molecule has 146 valence electrons. The van der Waals surface area contributed by atoms with Crippen molar-refractivity contribution in [2.45, 2.75) is 24.9 Å². The standard InChI is InChI=1S/C23H17F3N2O/c24-23(25,26)18-12-6-4-10-16(18)22-28-20(17-11-5-7-13-21(17)29-22)14-19(27-28)15-8-2-1-3-9-15/h1-13,20,22H,14H2/t20-,22-/m0/s1. The minimum absolute atomic E-state index is 0.0672. The summed E-state index contributed by atoms with van der Waals surface area (Å²) in [5.41, 5.74) is 2.10. The lowest BCUT2D eigenvalue weighted by atomic mass is 9.95. The largest absolute Gasteiger partial charge is 0.464 e. The third kappa shape index (κ3) is 3.05. The molecule has 0 fully saturated rings. The number of halogens is 3. The molecule has 2 aliphatic heterocycles. The van der Waals surface area contributed by atoms with Crippen LogP contribution in [0.5, 0.6) is 5.75 Å². The van der Waals surface area contributed by atoms with Crippen molar-refractivity contribution in [2.75, 3.05) is 0 Å². The molecule has 0 N–H and O–H groups in total. The lowest BCUT2D eigenvalue weighted by Gasteiger charge is -2.38. The van der Waals surface area contributed by atoms with Gasteiger partial charge in [-0.3, -0.25) is 0 Å². The molecule has 2 heterocycles. The molecule has 0 unspecified atom stereocenters. The molecule has 3 aromatic rings. The van der Waals surface area contributed by atoms with Crippen LogP contribution in [0.4, 0.5) is 13.2 Å². The van der Waals surface area contributed by atoms with E-state index in [1.54, 1.807) is 17.1 Å². The summed E-state index contributed by atoms with van der Waals surface area (Å²) in [7, 11) is 0. The first kappa shape index (κ1) is 17.8. The van der Waals surface area contributed by atoms with Crippen molar-refractivity contribution in [1.82, 2.24) is 5.01 Å². The molecule has 0 bridgehead atoms. The van der Waals surface area contributed by atoms with E-state index in [1.807, 2.05) is 48.5 Å². The number of nitrogens with zero attached hydrogens (tertiary/aromatic N) is 2. The van der Waals surface area contributed by atoms with Crippen LogP contribution >= 0.6 is 0 Å². The molecule has 0 radical (unpaired) electrons. The Hall–Kier alpha value is -3.28. The first-order valence-corrected chi connectivity index (χ1v) is 9.35. The number of fused-ring (bicyclic) bond motifs is 3. The van der Waals surface area contributed by atoms with Crippen molar-refractivity contribution < 1.29 is 17.9 Å². The molecule has 29 heavy (non-hydrogen) atoms. The summed E-state index contributed by atoms with van der Waals surface area (Å²) in [6.07, 6.45) is -4.82. The molecule has 0 saturated heterocycles. The average molecular weight is 394 g/mol. The van der Waals surface area contributed by atoms with Crippen molar-refractivity contribution in [3.8, 4) is 5.75 Å². The van der Waals surface area contributed by atoms with Crippen LogP contribution in [0, 0.1) is 0 Å². The van der Waals surface area contributed by atoms with Gasteiger partial charge in [0.15, 0.2) is 0 Å². The topological polar surface area (TPSA) is 24.8 Å². The Morgan fingerprint density at radius 1 is 0.828 bits per heavy atom. The highest BCUT2D eigenvalue weighted by Crippen LogP contribution is 2.49. The Balaban J connectivity index is 1.64. The van der Waals surface area contributed by atoms with Gasteiger partial charge < -0.3 is 4.74 Å². The molecular formula is C23H17F3N2O. The number of hydrogen-bond donors (Lipinski definition) is 0. The van der Waals surface area contributed by atoms with Gasteiger partial charge >= 0.3 is 6.18 Å². The van der Waals surface area contributed by atoms with E-state index in [0.29, 0.717) is 12.2 Å². The number of hydrazone groups is 1. The predicted molar refractivity (Wildman–Crippen MR) is 103 cm³/mol. The van der Waals surface area contributed by atoms with E-state index in [2.05, 4.69) is 0 Å². The zero-order chi connectivity index (χ0) is 20.0. The maximum absolute atomic E-state index is 13.7. The number of benzene rings is 3. The van der Waals surface area contributed by atoms with Gasteiger partial charge in [-0.05, 0) is 17.7 Å². The summed E-state index contributed by atoms with van der Waals surface area (Å²) < 4.78 is 47.1. The molecule has 3 aromatic carbocycles. The van der Waals surface area contributed by atoms with Crippen molar-refractivity contribution in [1.29, 1.82) is 0 Å². The minimum atomic E-state index is -4.47. The van der Waals surface area contributed by atoms with Crippen LogP contribution in [0.1, 0.15) is 40.9 Å². The zero-order valence-electron chi connectivity index (χ0n) is 15.3. The van der Waals surface area contributed by atoms with E-state index in [4.69, 9.17) is 9.84 Å². The summed E-state index contributed by atoms with van der Waals surface area (Å²) in [6, 6.07) is 22.6. The summed E-state index contributed by atoms with van der Waals surface area (Å²) in [6.45, 7) is 0. The molecule has 2 aliphatic rings.